The van der Waals surface area contributed by atoms with Gasteiger partial charge in [-0.25, -0.2) is 0 Å². The molecule has 0 radical (unpaired) electrons. The number of carbonyl (C=O) groups excluding carboxylic acids is 1. The number of benzene rings is 2. The van der Waals surface area contributed by atoms with Crippen LogP contribution in [0.4, 0.5) is 5.69 Å². The van der Waals surface area contributed by atoms with Crippen molar-refractivity contribution in [2.75, 3.05) is 5.32 Å². The van der Waals surface area contributed by atoms with E-state index in [0.29, 0.717) is 10.8 Å². The van der Waals surface area contributed by atoms with Crippen LogP contribution in [0.1, 0.15) is 28.9 Å². The lowest BCUT2D eigenvalue weighted by atomic mass is 10.1. The van der Waals surface area contributed by atoms with Gasteiger partial charge in [0.15, 0.2) is 16.7 Å². The van der Waals surface area contributed by atoms with Crippen LogP contribution in [0.15, 0.2) is 59.0 Å². The molecule has 0 atom stereocenters. The van der Waals surface area contributed by atoms with Crippen molar-refractivity contribution in [1.82, 2.24) is 25.1 Å². The maximum atomic E-state index is 12.6. The second-order valence-corrected chi connectivity index (χ2v) is 9.46. The molecule has 0 bridgehead atoms. The molecular formula is C24H19ClN6O2S2. The summed E-state index contributed by atoms with van der Waals surface area (Å²) in [5.41, 5.74) is 3.43. The number of rotatable bonds is 5. The van der Waals surface area contributed by atoms with Gasteiger partial charge in [-0.1, -0.05) is 42.0 Å². The van der Waals surface area contributed by atoms with Crippen LogP contribution in [0.5, 0.6) is 0 Å². The van der Waals surface area contributed by atoms with Gasteiger partial charge >= 0.3 is 0 Å². The van der Waals surface area contributed by atoms with Gasteiger partial charge < -0.3 is 9.73 Å². The summed E-state index contributed by atoms with van der Waals surface area (Å²) in [6.07, 6.45) is 0.760. The van der Waals surface area contributed by atoms with Crippen molar-refractivity contribution in [2.24, 2.45) is 0 Å². The van der Waals surface area contributed by atoms with Gasteiger partial charge in [0.2, 0.25) is 4.96 Å². The van der Waals surface area contributed by atoms with Gasteiger partial charge in [0.05, 0.1) is 0 Å². The van der Waals surface area contributed by atoms with E-state index in [1.54, 1.807) is 22.7 Å². The maximum Gasteiger partial charge on any atom is 0.293 e. The molecule has 176 valence electrons. The number of hydrogen-bond acceptors (Lipinski definition) is 7. The van der Waals surface area contributed by atoms with E-state index in [1.807, 2.05) is 50.2 Å². The lowest BCUT2D eigenvalue weighted by Gasteiger charge is -2.09. The fourth-order valence-corrected chi connectivity index (χ4v) is 4.63. The van der Waals surface area contributed by atoms with Crippen LogP contribution in [0.3, 0.4) is 0 Å². The Bertz CT molecular complexity index is 1550. The molecule has 5 rings (SSSR count). The zero-order valence-corrected chi connectivity index (χ0v) is 21.1. The Hall–Kier alpha value is -3.60. The smallest absolute Gasteiger partial charge is 0.293 e. The van der Waals surface area contributed by atoms with Gasteiger partial charge in [0.1, 0.15) is 10.8 Å². The van der Waals surface area contributed by atoms with Gasteiger partial charge in [-0.05, 0) is 67.2 Å². The second-order valence-electron chi connectivity index (χ2n) is 7.68. The van der Waals surface area contributed by atoms with E-state index in [4.69, 9.17) is 28.2 Å². The zero-order valence-electron chi connectivity index (χ0n) is 18.7. The standard InChI is InChI=1S/C24H19ClN6O2S2/c1-3-20-28-29-24-31(20)30-22(35-24)14-6-8-16(9-7-14)26-23(34)27-21(32)19-11-10-18(33-19)15-5-4-13(2)17(25)12-15/h4-12H,3H2,1-2H3,(H2,26,27,32,34). The fraction of sp³-hybridized carbons (Fsp3) is 0.125. The van der Waals surface area contributed by atoms with Gasteiger partial charge in [0.25, 0.3) is 5.91 Å². The molecule has 0 aliphatic carbocycles. The monoisotopic (exact) mass is 522 g/mol. The number of aryl methyl sites for hydroxylation is 2. The van der Waals surface area contributed by atoms with Crippen LogP contribution in [0.25, 0.3) is 26.9 Å². The third-order valence-corrected chi connectivity index (χ3v) is 6.83. The first-order valence-electron chi connectivity index (χ1n) is 10.7. The first kappa shape index (κ1) is 23.2. The van der Waals surface area contributed by atoms with Crippen LogP contribution in [-0.4, -0.2) is 30.8 Å². The molecule has 0 aliphatic heterocycles. The summed E-state index contributed by atoms with van der Waals surface area (Å²) in [4.78, 5) is 13.3. The molecule has 0 aliphatic rings. The average Bonchev–Trinajstić information content (AvgIpc) is 3.57. The first-order valence-corrected chi connectivity index (χ1v) is 12.3. The lowest BCUT2D eigenvalue weighted by Crippen LogP contribution is -2.33. The maximum absolute atomic E-state index is 12.6. The Morgan fingerprint density at radius 3 is 2.63 bits per heavy atom. The predicted octanol–water partition coefficient (Wildman–Crippen LogP) is 5.76. The molecule has 0 saturated carbocycles. The van der Waals surface area contributed by atoms with Crippen LogP contribution in [0, 0.1) is 6.92 Å². The highest BCUT2D eigenvalue weighted by atomic mass is 35.5. The Morgan fingerprint density at radius 2 is 1.89 bits per heavy atom. The van der Waals surface area contributed by atoms with Gasteiger partial charge in [0, 0.05) is 28.3 Å². The van der Waals surface area contributed by atoms with E-state index in [0.717, 1.165) is 44.6 Å². The third-order valence-electron chi connectivity index (χ3n) is 5.27. The SMILES string of the molecule is CCc1nnc2sc(-c3ccc(NC(=S)NC(=O)c4ccc(-c5ccc(C)c(Cl)c5)o4)cc3)nn12. The van der Waals surface area contributed by atoms with Crippen LogP contribution in [-0.2, 0) is 6.42 Å². The fourth-order valence-electron chi connectivity index (χ4n) is 3.38. The number of furan rings is 1. The summed E-state index contributed by atoms with van der Waals surface area (Å²) in [7, 11) is 0. The molecular weight excluding hydrogens is 504 g/mol. The molecule has 0 unspecified atom stereocenters. The number of fused-ring (bicyclic) bond motifs is 1. The zero-order chi connectivity index (χ0) is 24.5. The summed E-state index contributed by atoms with van der Waals surface area (Å²) < 4.78 is 7.47. The second kappa shape index (κ2) is 9.57. The van der Waals surface area contributed by atoms with Crippen molar-refractivity contribution in [2.45, 2.75) is 20.3 Å². The molecule has 5 aromatic rings. The number of hydrogen-bond donors (Lipinski definition) is 2. The van der Waals surface area contributed by atoms with E-state index < -0.39 is 5.91 Å². The minimum absolute atomic E-state index is 0.144. The van der Waals surface area contributed by atoms with Crippen LogP contribution >= 0.6 is 35.2 Å². The topological polar surface area (TPSA) is 97.3 Å². The summed E-state index contributed by atoms with van der Waals surface area (Å²) >= 11 is 13.0. The van der Waals surface area contributed by atoms with E-state index in [1.165, 1.54) is 11.3 Å². The van der Waals surface area contributed by atoms with E-state index in [-0.39, 0.29) is 10.9 Å². The number of anilines is 1. The van der Waals surface area contributed by atoms with Crippen LogP contribution in [0.2, 0.25) is 5.02 Å². The Kier molecular flexibility index (Phi) is 6.33. The number of nitrogens with zero attached hydrogens (tertiary/aromatic N) is 4. The summed E-state index contributed by atoms with van der Waals surface area (Å²) in [5.74, 6) is 1.07. The minimum atomic E-state index is -0.449. The van der Waals surface area contributed by atoms with E-state index in [9.17, 15) is 4.79 Å². The average molecular weight is 523 g/mol. The highest BCUT2D eigenvalue weighted by molar-refractivity contribution is 7.80. The number of thiocarbonyl (C=S) groups is 1. The molecule has 8 nitrogen and oxygen atoms in total. The van der Waals surface area contributed by atoms with Crippen molar-refractivity contribution in [3.05, 3.63) is 76.8 Å². The Balaban J connectivity index is 1.22. The van der Waals surface area contributed by atoms with Crippen molar-refractivity contribution >= 4 is 56.8 Å². The minimum Gasteiger partial charge on any atom is -0.451 e. The summed E-state index contributed by atoms with van der Waals surface area (Å²) in [5, 5.41) is 20.1. The predicted molar refractivity (Wildman–Crippen MR) is 141 cm³/mol. The molecule has 2 N–H and O–H groups in total. The van der Waals surface area contributed by atoms with Gasteiger partial charge in [-0.2, -0.15) is 9.61 Å². The van der Waals surface area contributed by atoms with Crippen molar-refractivity contribution < 1.29 is 9.21 Å². The highest BCUT2D eigenvalue weighted by Crippen LogP contribution is 2.28. The molecule has 11 heteroatoms. The number of amides is 1. The summed E-state index contributed by atoms with van der Waals surface area (Å²) in [6, 6.07) is 16.5. The Labute approximate surface area is 214 Å². The molecule has 3 aromatic heterocycles. The van der Waals surface area contributed by atoms with Crippen LogP contribution < -0.4 is 10.6 Å². The number of nitrogens with one attached hydrogen (secondary N) is 2. The lowest BCUT2D eigenvalue weighted by molar-refractivity contribution is 0.0951. The highest BCUT2D eigenvalue weighted by Gasteiger charge is 2.15. The molecule has 0 saturated heterocycles. The van der Waals surface area contributed by atoms with E-state index in [2.05, 4.69) is 25.9 Å². The van der Waals surface area contributed by atoms with Crippen molar-refractivity contribution in [1.29, 1.82) is 0 Å². The van der Waals surface area contributed by atoms with Crippen molar-refractivity contribution in [3.8, 4) is 21.9 Å². The molecule has 0 fully saturated rings. The molecule has 3 heterocycles. The quantitative estimate of drug-likeness (QED) is 0.283. The van der Waals surface area contributed by atoms with Gasteiger partial charge in [-0.3, -0.25) is 10.1 Å². The largest absolute Gasteiger partial charge is 0.451 e. The van der Waals surface area contributed by atoms with E-state index >= 15 is 0 Å². The number of carbonyl (C=O) groups is 1. The molecule has 0 spiro atoms. The first-order chi connectivity index (χ1) is 16.9. The van der Waals surface area contributed by atoms with Crippen molar-refractivity contribution in [3.63, 3.8) is 0 Å². The Morgan fingerprint density at radius 1 is 1.11 bits per heavy atom. The summed E-state index contributed by atoms with van der Waals surface area (Å²) in [6.45, 7) is 3.94. The molecule has 2 aromatic carbocycles. The normalized spacial score (nSPS) is 11.1. The van der Waals surface area contributed by atoms with Gasteiger partial charge in [-0.15, -0.1) is 10.2 Å². The number of halogens is 1. The third kappa shape index (κ3) is 4.81. The molecule has 1 amide bonds. The molecule has 35 heavy (non-hydrogen) atoms. The number of aromatic nitrogens is 4.